The molecule has 0 bridgehead atoms. The predicted molar refractivity (Wildman–Crippen MR) is 213 cm³/mol. The standard InChI is InChI=1S/C28H32N2.C9H21P.C5H5.CO.BF4.Ru/c1-22-27(29-25-18-10-4-11-19-25)30(26-20-12-5-13-21-26)28(22,23-14-6-2-7-15-23)24-16-8-3-9-17-24;1-7(2)10(8(3)4)9(5)6;1-2-4-5-3-1;1-2;2-1(3,4)5;/h1-3,6-9,14-17,26H,4-5,10-13,18-21H2;7-9H,1-6H3;1-5H;;;/q;;;;-1;+2. The number of hydrogen-bond acceptors (Lipinski definition) is 0. The minimum atomic E-state index is -6.00. The van der Waals surface area contributed by atoms with E-state index in [1.807, 2.05) is 32.1 Å². The molecule has 1 heterocycles. The topological polar surface area (TPSA) is 37.2 Å². The van der Waals surface area contributed by atoms with Crippen molar-refractivity contribution in [1.29, 1.82) is 0 Å². The van der Waals surface area contributed by atoms with Crippen molar-refractivity contribution in [3.05, 3.63) is 123 Å². The van der Waals surface area contributed by atoms with Crippen molar-refractivity contribution < 1.29 is 41.4 Å². The van der Waals surface area contributed by atoms with Gasteiger partial charge in [0, 0.05) is 24.0 Å². The fraction of sp³-hybridized carbons (Fsp3) is 0.488. The van der Waals surface area contributed by atoms with Gasteiger partial charge in [-0.3, -0.25) is 6.58 Å². The first-order valence-electron chi connectivity index (χ1n) is 18.8. The summed E-state index contributed by atoms with van der Waals surface area (Å²) in [5, 5.41) is 0. The number of rotatable bonds is 6. The molecule has 0 atom stereocenters. The average molecular weight is 838 g/mol. The van der Waals surface area contributed by atoms with E-state index in [1.165, 1.54) is 68.2 Å². The van der Waals surface area contributed by atoms with Crippen LogP contribution in [0.3, 0.4) is 0 Å². The zero-order valence-electron chi connectivity index (χ0n) is 32.3. The Hall–Kier alpha value is -1.99. The molecular weight excluding hydrogens is 779 g/mol. The summed E-state index contributed by atoms with van der Waals surface area (Å²) < 4.78 is 51.7. The number of halogens is 4. The third-order valence-electron chi connectivity index (χ3n) is 9.58. The summed E-state index contributed by atoms with van der Waals surface area (Å²) in [6.45, 7) is 25.6. The minimum absolute atomic E-state index is 0. The molecule has 6 rings (SSSR count). The van der Waals surface area contributed by atoms with Gasteiger partial charge in [0.2, 0.25) is 5.84 Å². The third-order valence-corrected chi connectivity index (χ3v) is 13.2. The molecule has 4 fully saturated rings. The quantitative estimate of drug-likeness (QED) is 0.0713. The first-order chi connectivity index (χ1) is 24.8. The van der Waals surface area contributed by atoms with E-state index < -0.39 is 12.8 Å². The Morgan fingerprint density at radius 3 is 1.40 bits per heavy atom. The van der Waals surface area contributed by atoms with Crippen LogP contribution in [0.5, 0.6) is 0 Å². The van der Waals surface area contributed by atoms with E-state index in [9.17, 15) is 17.3 Å². The average Bonchev–Trinajstić information content (AvgIpc) is 3.72. The van der Waals surface area contributed by atoms with Crippen LogP contribution in [0.25, 0.3) is 0 Å². The van der Waals surface area contributed by atoms with Crippen molar-refractivity contribution in [3.8, 4) is 0 Å². The number of likely N-dealkylation sites (tertiary alicyclic amines) is 1. The molecule has 10 heteroatoms. The van der Waals surface area contributed by atoms with Gasteiger partial charge in [-0.15, -0.1) is 0 Å². The number of hydrogen-bond donors (Lipinski definition) is 0. The molecule has 0 unspecified atom stereocenters. The molecular formula is C43H58BF4N2OPRu+. The summed E-state index contributed by atoms with van der Waals surface area (Å²) in [4.78, 5) is 2.60. The second kappa shape index (κ2) is 25.2. The Morgan fingerprint density at radius 2 is 1.06 bits per heavy atom. The summed E-state index contributed by atoms with van der Waals surface area (Å²) in [7, 11) is -5.74. The summed E-state index contributed by atoms with van der Waals surface area (Å²) in [5.74, 6) is 1.05. The van der Waals surface area contributed by atoms with Crippen molar-refractivity contribution in [1.82, 2.24) is 9.57 Å². The fourth-order valence-corrected chi connectivity index (χ4v) is 11.5. The van der Waals surface area contributed by atoms with Crippen molar-refractivity contribution in [3.63, 3.8) is 0 Å². The van der Waals surface area contributed by atoms with Crippen LogP contribution >= 0.6 is 7.92 Å². The normalized spacial score (nSPS) is 18.2. The van der Waals surface area contributed by atoms with Crippen molar-refractivity contribution in [2.75, 3.05) is 0 Å². The van der Waals surface area contributed by atoms with Crippen molar-refractivity contribution in [2.24, 2.45) is 0 Å². The van der Waals surface area contributed by atoms with Crippen LogP contribution in [0.1, 0.15) is 117 Å². The molecule has 0 amide bonds. The summed E-state index contributed by atoms with van der Waals surface area (Å²) in [5.41, 5.74) is 7.07. The van der Waals surface area contributed by atoms with Crippen LogP contribution in [-0.2, 0) is 29.7 Å². The number of benzene rings is 2. The SMILES string of the molecule is CC(C)P(C(C)C)C(C)C.F[B-](F)(F)F.[C-]#[O+].[CH-]=C1C(=[N+]=C2CCCCC2)N(C2CCCCC2)C1(c1ccccc1)c1ccccc1.[CH]1[CH][CH][CH][CH]1.[Ru+2]. The van der Waals surface area contributed by atoms with Crippen LogP contribution in [-0.4, -0.2) is 46.7 Å². The molecule has 2 aromatic rings. The van der Waals surface area contributed by atoms with Crippen LogP contribution in [0, 0.1) is 45.3 Å². The van der Waals surface area contributed by atoms with E-state index in [4.69, 9.17) is 15.9 Å². The molecule has 0 spiro atoms. The van der Waals surface area contributed by atoms with E-state index >= 15 is 0 Å². The Kier molecular flexibility index (Phi) is 23.3. The maximum atomic E-state index is 9.75. The summed E-state index contributed by atoms with van der Waals surface area (Å²) >= 11 is 0. The smallest absolute Gasteiger partial charge is 0.309 e. The largest absolute Gasteiger partial charge is 2.00 e. The molecule has 1 saturated heterocycles. The summed E-state index contributed by atoms with van der Waals surface area (Å²) in [6.07, 6.45) is 22.5. The molecule has 2 aromatic carbocycles. The molecule has 0 N–H and O–H groups in total. The number of amidine groups is 1. The van der Waals surface area contributed by atoms with E-state index in [0.717, 1.165) is 41.2 Å². The molecule has 3 saturated carbocycles. The van der Waals surface area contributed by atoms with E-state index in [-0.39, 0.29) is 27.4 Å². The Morgan fingerprint density at radius 1 is 0.698 bits per heavy atom. The van der Waals surface area contributed by atoms with E-state index in [2.05, 4.69) is 114 Å². The van der Waals surface area contributed by atoms with Gasteiger partial charge in [0.25, 0.3) is 0 Å². The fourth-order valence-electron chi connectivity index (χ4n) is 7.87. The monoisotopic (exact) mass is 838 g/mol. The van der Waals surface area contributed by atoms with E-state index in [1.54, 1.807) is 0 Å². The van der Waals surface area contributed by atoms with Crippen LogP contribution in [0.4, 0.5) is 17.3 Å². The zero-order chi connectivity index (χ0) is 38.7. The number of nitrogens with zero attached hydrogens (tertiary/aromatic N) is 2. The Labute approximate surface area is 333 Å². The molecule has 3 nitrogen and oxygen atoms in total. The van der Waals surface area contributed by atoms with Gasteiger partial charge >= 0.3 is 38.0 Å². The maximum Gasteiger partial charge on any atom is 2.00 e. The maximum absolute atomic E-state index is 9.75. The third kappa shape index (κ3) is 15.2. The van der Waals surface area contributed by atoms with Gasteiger partial charge in [-0.25, -0.2) is 0 Å². The first kappa shape index (κ1) is 49.0. The van der Waals surface area contributed by atoms with Crippen LogP contribution in [0.2, 0.25) is 0 Å². The molecule has 4 aliphatic rings. The molecule has 289 valence electrons. The molecule has 5 radical (unpaired) electrons. The van der Waals surface area contributed by atoms with Crippen LogP contribution < -0.4 is 4.67 Å². The van der Waals surface area contributed by atoms with Crippen molar-refractivity contribution >= 4 is 26.7 Å². The van der Waals surface area contributed by atoms with Gasteiger partial charge in [-0.05, 0) is 87.6 Å². The van der Waals surface area contributed by atoms with Gasteiger partial charge in [0.1, 0.15) is 5.54 Å². The van der Waals surface area contributed by atoms with Gasteiger partial charge in [0.15, 0.2) is 5.71 Å². The molecule has 3 aliphatic carbocycles. The summed E-state index contributed by atoms with van der Waals surface area (Å²) in [6, 6.07) is 22.2. The molecule has 53 heavy (non-hydrogen) atoms. The van der Waals surface area contributed by atoms with Crippen molar-refractivity contribution in [2.45, 2.75) is 134 Å². The van der Waals surface area contributed by atoms with Crippen LogP contribution in [0.15, 0.2) is 66.2 Å². The van der Waals surface area contributed by atoms with Gasteiger partial charge < -0.3 is 26.8 Å². The van der Waals surface area contributed by atoms with E-state index in [0.29, 0.717) is 6.04 Å². The molecule has 1 aliphatic heterocycles. The Bertz CT molecular complexity index is 1320. The minimum Gasteiger partial charge on any atom is -0.309 e. The van der Waals surface area contributed by atoms with Gasteiger partial charge in [-0.1, -0.05) is 129 Å². The predicted octanol–water partition coefficient (Wildman–Crippen LogP) is 11.8. The second-order valence-corrected chi connectivity index (χ2v) is 18.3. The Balaban J connectivity index is 0.000000502. The zero-order valence-corrected chi connectivity index (χ0v) is 34.9. The van der Waals surface area contributed by atoms with Gasteiger partial charge in [-0.2, -0.15) is 0 Å². The first-order valence-corrected chi connectivity index (χ1v) is 20.3. The molecule has 0 aromatic heterocycles. The second-order valence-electron chi connectivity index (χ2n) is 14.3. The van der Waals surface area contributed by atoms with Gasteiger partial charge in [0.05, 0.1) is 6.04 Å².